The summed E-state index contributed by atoms with van der Waals surface area (Å²) in [4.78, 5) is 15.6. The highest BCUT2D eigenvalue weighted by Gasteiger charge is 2.15. The summed E-state index contributed by atoms with van der Waals surface area (Å²) in [5.41, 5.74) is 1.92. The van der Waals surface area contributed by atoms with Crippen LogP contribution >= 0.6 is 11.8 Å². The molecule has 132 valence electrons. The van der Waals surface area contributed by atoms with Gasteiger partial charge >= 0.3 is 0 Å². The van der Waals surface area contributed by atoms with Gasteiger partial charge in [-0.15, -0.1) is 11.8 Å². The van der Waals surface area contributed by atoms with Crippen molar-refractivity contribution >= 4 is 23.4 Å². The predicted octanol–water partition coefficient (Wildman–Crippen LogP) is 3.60. The molecule has 1 N–H and O–H groups in total. The molecule has 1 amide bonds. The molecule has 0 unspecified atom stereocenters. The van der Waals surface area contributed by atoms with Crippen molar-refractivity contribution in [3.8, 4) is 11.5 Å². The second-order valence-corrected chi connectivity index (χ2v) is 6.65. The Kier molecular flexibility index (Phi) is 5.83. The van der Waals surface area contributed by atoms with Crippen molar-refractivity contribution in [1.29, 1.82) is 0 Å². The quantitative estimate of drug-likeness (QED) is 0.767. The molecule has 3 rings (SSSR count). The number of ether oxygens (including phenoxy) is 2. The molecular weight excluding hydrogens is 336 g/mol. The van der Waals surface area contributed by atoms with Gasteiger partial charge in [-0.05, 0) is 54.8 Å². The van der Waals surface area contributed by atoms with Crippen molar-refractivity contribution in [2.75, 3.05) is 31.5 Å². The number of benzene rings is 2. The highest BCUT2D eigenvalue weighted by atomic mass is 32.2. The van der Waals surface area contributed by atoms with Gasteiger partial charge in [0.25, 0.3) is 0 Å². The Balaban J connectivity index is 1.56. The number of thioether (sulfide) groups is 1. The van der Waals surface area contributed by atoms with Gasteiger partial charge in [0, 0.05) is 17.1 Å². The van der Waals surface area contributed by atoms with Gasteiger partial charge in [-0.3, -0.25) is 9.69 Å². The molecule has 2 aromatic rings. The molecule has 6 heteroatoms. The average Bonchev–Trinajstić information content (AvgIpc) is 3.09. The van der Waals surface area contributed by atoms with E-state index >= 15 is 0 Å². The monoisotopic (exact) mass is 358 g/mol. The van der Waals surface area contributed by atoms with Crippen LogP contribution in [0.5, 0.6) is 11.5 Å². The van der Waals surface area contributed by atoms with Gasteiger partial charge in [0.2, 0.25) is 12.7 Å². The number of carbonyl (C=O) groups is 1. The van der Waals surface area contributed by atoms with Crippen molar-refractivity contribution in [2.45, 2.75) is 18.4 Å². The topological polar surface area (TPSA) is 50.8 Å². The Morgan fingerprint density at radius 3 is 2.64 bits per heavy atom. The first-order chi connectivity index (χ1) is 12.2. The molecule has 0 radical (unpaired) electrons. The summed E-state index contributed by atoms with van der Waals surface area (Å²) >= 11 is 1.68. The summed E-state index contributed by atoms with van der Waals surface area (Å²) in [7, 11) is 0. The van der Waals surface area contributed by atoms with E-state index < -0.39 is 0 Å². The third-order valence-corrected chi connectivity index (χ3v) is 4.77. The average molecular weight is 358 g/mol. The van der Waals surface area contributed by atoms with Crippen LogP contribution in [0, 0.1) is 0 Å². The Morgan fingerprint density at radius 1 is 1.16 bits per heavy atom. The maximum atomic E-state index is 12.3. The largest absolute Gasteiger partial charge is 0.454 e. The lowest BCUT2D eigenvalue weighted by atomic mass is 10.2. The van der Waals surface area contributed by atoms with Gasteiger partial charge < -0.3 is 14.8 Å². The zero-order valence-electron chi connectivity index (χ0n) is 14.5. The standard InChI is InChI=1S/C19H22N2O3S/c1-3-21(11-14-4-9-17-18(10-14)24-13-23-17)12-19(22)20-15-5-7-16(25-2)8-6-15/h4-10H,3,11-13H2,1-2H3,(H,20,22). The maximum absolute atomic E-state index is 12.3. The van der Waals surface area contributed by atoms with E-state index in [9.17, 15) is 4.79 Å². The van der Waals surface area contributed by atoms with Gasteiger partial charge in [0.1, 0.15) is 0 Å². The zero-order chi connectivity index (χ0) is 17.6. The van der Waals surface area contributed by atoms with Crippen molar-refractivity contribution in [3.05, 3.63) is 48.0 Å². The van der Waals surface area contributed by atoms with E-state index in [0.717, 1.165) is 29.3 Å². The summed E-state index contributed by atoms with van der Waals surface area (Å²) in [5, 5.41) is 2.95. The minimum Gasteiger partial charge on any atom is -0.454 e. The van der Waals surface area contributed by atoms with Crippen LogP contribution in [0.3, 0.4) is 0 Å². The van der Waals surface area contributed by atoms with E-state index in [0.29, 0.717) is 13.1 Å². The molecule has 0 fully saturated rings. The lowest BCUT2D eigenvalue weighted by Gasteiger charge is -2.20. The van der Waals surface area contributed by atoms with E-state index in [-0.39, 0.29) is 12.7 Å². The Bertz CT molecular complexity index is 734. The number of rotatable bonds is 7. The molecule has 0 aliphatic carbocycles. The van der Waals surface area contributed by atoms with E-state index in [1.807, 2.05) is 55.6 Å². The first-order valence-electron chi connectivity index (χ1n) is 8.22. The van der Waals surface area contributed by atoms with E-state index in [2.05, 4.69) is 10.2 Å². The fourth-order valence-electron chi connectivity index (χ4n) is 2.65. The van der Waals surface area contributed by atoms with Gasteiger partial charge in [-0.25, -0.2) is 0 Å². The number of carbonyl (C=O) groups excluding carboxylic acids is 1. The third-order valence-electron chi connectivity index (χ3n) is 4.03. The second kappa shape index (κ2) is 8.27. The minimum atomic E-state index is -0.0144. The SMILES string of the molecule is CCN(CC(=O)Nc1ccc(SC)cc1)Cc1ccc2c(c1)OCO2. The molecule has 0 saturated carbocycles. The second-order valence-electron chi connectivity index (χ2n) is 5.77. The lowest BCUT2D eigenvalue weighted by molar-refractivity contribution is -0.117. The Labute approximate surface area is 152 Å². The first kappa shape index (κ1) is 17.6. The summed E-state index contributed by atoms with van der Waals surface area (Å²) in [6.45, 7) is 4.13. The lowest BCUT2D eigenvalue weighted by Crippen LogP contribution is -2.32. The van der Waals surface area contributed by atoms with Gasteiger partial charge in [-0.2, -0.15) is 0 Å². The van der Waals surface area contributed by atoms with E-state index in [1.165, 1.54) is 4.90 Å². The van der Waals surface area contributed by atoms with Crippen LogP contribution in [0.2, 0.25) is 0 Å². The predicted molar refractivity (Wildman–Crippen MR) is 100 cm³/mol. The van der Waals surface area contributed by atoms with Crippen LogP contribution in [0.4, 0.5) is 5.69 Å². The first-order valence-corrected chi connectivity index (χ1v) is 9.45. The summed E-state index contributed by atoms with van der Waals surface area (Å²) in [6, 6.07) is 13.8. The zero-order valence-corrected chi connectivity index (χ0v) is 15.3. The number of nitrogens with zero attached hydrogens (tertiary/aromatic N) is 1. The van der Waals surface area contributed by atoms with Crippen LogP contribution in [-0.2, 0) is 11.3 Å². The molecule has 1 aliphatic heterocycles. The van der Waals surface area contributed by atoms with Gasteiger partial charge in [0.15, 0.2) is 11.5 Å². The maximum Gasteiger partial charge on any atom is 0.238 e. The molecule has 1 aliphatic rings. The van der Waals surface area contributed by atoms with Crippen LogP contribution in [0.1, 0.15) is 12.5 Å². The number of amides is 1. The summed E-state index contributed by atoms with van der Waals surface area (Å²) in [5.74, 6) is 1.53. The van der Waals surface area contributed by atoms with Gasteiger partial charge in [-0.1, -0.05) is 13.0 Å². The van der Waals surface area contributed by atoms with E-state index in [1.54, 1.807) is 11.8 Å². The van der Waals surface area contributed by atoms with Crippen molar-refractivity contribution < 1.29 is 14.3 Å². The Hall–Kier alpha value is -2.18. The number of fused-ring (bicyclic) bond motifs is 1. The molecule has 1 heterocycles. The molecule has 0 bridgehead atoms. The normalized spacial score (nSPS) is 12.4. The molecule has 0 aromatic heterocycles. The van der Waals surface area contributed by atoms with Crippen molar-refractivity contribution in [3.63, 3.8) is 0 Å². The number of nitrogens with one attached hydrogen (secondary N) is 1. The highest BCUT2D eigenvalue weighted by Crippen LogP contribution is 2.32. The summed E-state index contributed by atoms with van der Waals surface area (Å²) < 4.78 is 10.7. The number of likely N-dealkylation sites (N-methyl/N-ethyl adjacent to an activating group) is 1. The fourth-order valence-corrected chi connectivity index (χ4v) is 3.06. The van der Waals surface area contributed by atoms with E-state index in [4.69, 9.17) is 9.47 Å². The molecule has 0 spiro atoms. The number of anilines is 1. The van der Waals surface area contributed by atoms with Crippen LogP contribution < -0.4 is 14.8 Å². The fraction of sp³-hybridized carbons (Fsp3) is 0.316. The number of hydrogen-bond acceptors (Lipinski definition) is 5. The highest BCUT2D eigenvalue weighted by molar-refractivity contribution is 7.98. The molecule has 2 aromatic carbocycles. The molecule has 25 heavy (non-hydrogen) atoms. The third kappa shape index (κ3) is 4.67. The molecule has 5 nitrogen and oxygen atoms in total. The molecular formula is C19H22N2O3S. The minimum absolute atomic E-state index is 0.0144. The van der Waals surface area contributed by atoms with Crippen molar-refractivity contribution in [2.24, 2.45) is 0 Å². The van der Waals surface area contributed by atoms with Gasteiger partial charge in [0.05, 0.1) is 6.54 Å². The molecule has 0 saturated heterocycles. The van der Waals surface area contributed by atoms with Crippen molar-refractivity contribution in [1.82, 2.24) is 4.90 Å². The summed E-state index contributed by atoms with van der Waals surface area (Å²) in [6.07, 6.45) is 2.03. The Morgan fingerprint density at radius 2 is 1.92 bits per heavy atom. The number of hydrogen-bond donors (Lipinski definition) is 1. The molecule has 0 atom stereocenters. The van der Waals surface area contributed by atoms with Crippen LogP contribution in [0.25, 0.3) is 0 Å². The van der Waals surface area contributed by atoms with Crippen LogP contribution in [-0.4, -0.2) is 36.9 Å². The smallest absolute Gasteiger partial charge is 0.238 e. The van der Waals surface area contributed by atoms with Crippen LogP contribution in [0.15, 0.2) is 47.4 Å².